The average Bonchev–Trinajstić information content (AvgIpc) is 3.19. The van der Waals surface area contributed by atoms with E-state index in [0.29, 0.717) is 27.9 Å². The third kappa shape index (κ3) is 3.92. The van der Waals surface area contributed by atoms with Crippen molar-refractivity contribution < 1.29 is 32.9 Å². The van der Waals surface area contributed by atoms with Gasteiger partial charge in [0.15, 0.2) is 10.7 Å². The number of nitrogens with two attached hydrogens (primary N) is 2. The van der Waals surface area contributed by atoms with Gasteiger partial charge in [0.2, 0.25) is 10.0 Å². The van der Waals surface area contributed by atoms with Crippen LogP contribution in [0, 0.1) is 0 Å². The van der Waals surface area contributed by atoms with Crippen molar-refractivity contribution in [3.05, 3.63) is 107 Å². The monoisotopic (exact) mass is 575 g/mol. The van der Waals surface area contributed by atoms with Gasteiger partial charge in [0, 0.05) is 28.8 Å². The molecule has 10 nitrogen and oxygen atoms in total. The first-order valence-electron chi connectivity index (χ1n) is 11.9. The van der Waals surface area contributed by atoms with Gasteiger partial charge in [-0.15, -0.1) is 0 Å². The maximum absolute atomic E-state index is 13.7. The number of benzene rings is 4. The first-order valence-corrected chi connectivity index (χ1v) is 13.8. The number of anilines is 1. The molecule has 4 aromatic rings. The second kappa shape index (κ2) is 8.95. The highest BCUT2D eigenvalue weighted by Gasteiger charge is 2.54. The maximum atomic E-state index is 13.7. The molecule has 12 heteroatoms. The quantitative estimate of drug-likeness (QED) is 0.209. The summed E-state index contributed by atoms with van der Waals surface area (Å²) < 4.78 is 35.5. The molecule has 0 radical (unpaired) electrons. The Labute approximate surface area is 234 Å². The van der Waals surface area contributed by atoms with E-state index in [1.807, 2.05) is 0 Å². The number of phenols is 2. The summed E-state index contributed by atoms with van der Waals surface area (Å²) in [5, 5.41) is 25.5. The molecule has 0 aromatic heterocycles. The van der Waals surface area contributed by atoms with Gasteiger partial charge in [-0.25, -0.2) is 18.4 Å². The molecule has 0 unspecified atom stereocenters. The highest BCUT2D eigenvalue weighted by atomic mass is 32.2. The van der Waals surface area contributed by atoms with E-state index in [9.17, 15) is 23.4 Å². The summed E-state index contributed by atoms with van der Waals surface area (Å²) in [6.45, 7) is 0.120. The van der Waals surface area contributed by atoms with E-state index in [0.717, 1.165) is 0 Å². The van der Waals surface area contributed by atoms with Gasteiger partial charge in [0.25, 0.3) is 0 Å². The lowest BCUT2D eigenvalue weighted by molar-refractivity contribution is 0.0224. The molecule has 6 N–H and O–H groups in total. The number of esters is 1. The van der Waals surface area contributed by atoms with Gasteiger partial charge in [-0.05, 0) is 60.2 Å². The van der Waals surface area contributed by atoms with E-state index in [-0.39, 0.29) is 45.1 Å². The van der Waals surface area contributed by atoms with Crippen LogP contribution in [0.5, 0.6) is 23.0 Å². The fraction of sp³-hybridized carbons (Fsp3) is 0.0714. The number of aromatic hydroxyl groups is 2. The zero-order valence-electron chi connectivity index (χ0n) is 20.6. The van der Waals surface area contributed by atoms with Crippen LogP contribution >= 0.6 is 12.2 Å². The van der Waals surface area contributed by atoms with Crippen molar-refractivity contribution in [3.63, 3.8) is 0 Å². The summed E-state index contributed by atoms with van der Waals surface area (Å²) in [4.78, 5) is 15.2. The Hall–Kier alpha value is -4.65. The number of hydrogen-bond acceptors (Lipinski definition) is 8. The number of hydrogen-bond donors (Lipinski definition) is 4. The van der Waals surface area contributed by atoms with Crippen molar-refractivity contribution in [1.29, 1.82) is 0 Å². The van der Waals surface area contributed by atoms with Crippen LogP contribution in [-0.4, -0.2) is 29.7 Å². The zero-order chi connectivity index (χ0) is 28.4. The van der Waals surface area contributed by atoms with Gasteiger partial charge in [-0.1, -0.05) is 24.3 Å². The Balaban J connectivity index is 1.52. The van der Waals surface area contributed by atoms with Crippen LogP contribution in [0.25, 0.3) is 0 Å². The number of carbonyl (C=O) groups is 1. The number of sulfonamides is 1. The number of carbonyl (C=O) groups excluding carboxylic acids is 1. The molecule has 0 bridgehead atoms. The summed E-state index contributed by atoms with van der Waals surface area (Å²) in [5.74, 6) is -0.236. The summed E-state index contributed by atoms with van der Waals surface area (Å²) in [5.41, 5.74) is 7.38. The number of nitrogens with zero attached hydrogens (tertiary/aromatic N) is 1. The molecule has 1 spiro atoms. The molecule has 40 heavy (non-hydrogen) atoms. The van der Waals surface area contributed by atoms with E-state index in [1.54, 1.807) is 47.4 Å². The van der Waals surface area contributed by atoms with E-state index in [4.69, 9.17) is 32.6 Å². The minimum absolute atomic E-state index is 0.0275. The molecule has 2 heterocycles. The number of ether oxygens (including phenoxy) is 2. The van der Waals surface area contributed by atoms with Crippen LogP contribution in [0.2, 0.25) is 0 Å². The minimum atomic E-state index is -3.87. The smallest absolute Gasteiger partial charge is 0.342 e. The summed E-state index contributed by atoms with van der Waals surface area (Å²) in [6, 6.07) is 20.1. The largest absolute Gasteiger partial charge is 0.508 e. The van der Waals surface area contributed by atoms with Crippen molar-refractivity contribution in [2.24, 2.45) is 10.9 Å². The molecular weight excluding hydrogens is 554 g/mol. The first-order chi connectivity index (χ1) is 19.0. The Morgan fingerprint density at radius 3 is 2.05 bits per heavy atom. The van der Waals surface area contributed by atoms with Crippen molar-refractivity contribution >= 4 is 39.0 Å². The summed E-state index contributed by atoms with van der Waals surface area (Å²) in [7, 11) is -3.87. The van der Waals surface area contributed by atoms with Gasteiger partial charge in [0.1, 0.15) is 23.0 Å². The standard InChI is InChI=1S/C28H21N3O7S2/c29-27(39)31(14-15-4-8-18(9-5-15)40(30,35)36)22-3-1-2-21-25(22)26(34)38-28(21)19-10-6-16(32)12-23(19)37-24-13-17(33)7-11-20(24)28/h1-13,32-33H,14H2,(H2,29,39)(H2,30,35,36). The van der Waals surface area contributed by atoms with Crippen molar-refractivity contribution in [2.45, 2.75) is 17.0 Å². The predicted molar refractivity (Wildman–Crippen MR) is 149 cm³/mol. The molecule has 2 aliphatic rings. The lowest BCUT2D eigenvalue weighted by Gasteiger charge is -2.36. The summed E-state index contributed by atoms with van der Waals surface area (Å²) >= 11 is 5.36. The Morgan fingerprint density at radius 1 is 0.900 bits per heavy atom. The molecule has 0 atom stereocenters. The van der Waals surface area contributed by atoms with Crippen LogP contribution in [-0.2, 0) is 26.9 Å². The van der Waals surface area contributed by atoms with Crippen molar-refractivity contribution in [3.8, 4) is 23.0 Å². The van der Waals surface area contributed by atoms with Gasteiger partial charge in [-0.3, -0.25) is 0 Å². The molecule has 0 saturated heterocycles. The number of thiocarbonyl (C=S) groups is 1. The molecule has 0 amide bonds. The fourth-order valence-corrected chi connectivity index (χ4v) is 5.88. The molecule has 6 rings (SSSR count). The van der Waals surface area contributed by atoms with Crippen LogP contribution in [0.3, 0.4) is 0 Å². The predicted octanol–water partition coefficient (Wildman–Crippen LogP) is 3.56. The van der Waals surface area contributed by atoms with Gasteiger partial charge in [0.05, 0.1) is 22.7 Å². The van der Waals surface area contributed by atoms with Crippen LogP contribution < -0.4 is 20.5 Å². The lowest BCUT2D eigenvalue weighted by Crippen LogP contribution is -2.36. The second-order valence-corrected chi connectivity index (χ2v) is 11.3. The van der Waals surface area contributed by atoms with E-state index in [2.05, 4.69) is 0 Å². The molecule has 202 valence electrons. The highest BCUT2D eigenvalue weighted by molar-refractivity contribution is 7.89. The van der Waals surface area contributed by atoms with Crippen molar-refractivity contribution in [1.82, 2.24) is 0 Å². The van der Waals surface area contributed by atoms with E-state index >= 15 is 0 Å². The number of rotatable bonds is 4. The molecule has 2 aliphatic heterocycles. The Morgan fingerprint density at radius 2 is 1.50 bits per heavy atom. The normalized spacial score (nSPS) is 14.5. The summed E-state index contributed by atoms with van der Waals surface area (Å²) in [6.07, 6.45) is 0. The molecule has 0 aliphatic carbocycles. The fourth-order valence-electron chi connectivity index (χ4n) is 5.20. The minimum Gasteiger partial charge on any atom is -0.508 e. The van der Waals surface area contributed by atoms with Crippen LogP contribution in [0.4, 0.5) is 5.69 Å². The highest BCUT2D eigenvalue weighted by Crippen LogP contribution is 2.58. The van der Waals surface area contributed by atoms with E-state index in [1.165, 1.54) is 36.4 Å². The molecular formula is C28H21N3O7S2. The van der Waals surface area contributed by atoms with E-state index < -0.39 is 21.6 Å². The van der Waals surface area contributed by atoms with Crippen LogP contribution in [0.1, 0.15) is 32.6 Å². The Kier molecular flexibility index (Phi) is 5.73. The number of phenolic OH excluding ortho intramolecular Hbond substituents is 2. The Bertz CT molecular complexity index is 1790. The van der Waals surface area contributed by atoms with Crippen LogP contribution in [0.15, 0.2) is 83.8 Å². The molecule has 0 saturated carbocycles. The van der Waals surface area contributed by atoms with Gasteiger partial charge in [-0.2, -0.15) is 0 Å². The van der Waals surface area contributed by atoms with Gasteiger partial charge >= 0.3 is 5.97 Å². The average molecular weight is 576 g/mol. The topological polar surface area (TPSA) is 165 Å². The molecule has 0 fully saturated rings. The maximum Gasteiger partial charge on any atom is 0.342 e. The third-order valence-electron chi connectivity index (χ3n) is 6.93. The van der Waals surface area contributed by atoms with Crippen molar-refractivity contribution in [2.75, 3.05) is 4.90 Å². The number of primary sulfonamides is 1. The SMILES string of the molecule is NC(=S)N(Cc1ccc(S(N)(=O)=O)cc1)c1cccc2c1C(=O)OC21c2ccc(O)cc2Oc2cc(O)ccc21. The second-order valence-electron chi connectivity index (χ2n) is 9.35. The third-order valence-corrected chi connectivity index (χ3v) is 8.08. The zero-order valence-corrected chi connectivity index (χ0v) is 22.2. The first kappa shape index (κ1) is 25.6. The lowest BCUT2D eigenvalue weighted by atomic mass is 9.77. The number of fused-ring (bicyclic) bond motifs is 6. The molecule has 4 aromatic carbocycles. The van der Waals surface area contributed by atoms with Gasteiger partial charge < -0.3 is 30.3 Å².